The van der Waals surface area contributed by atoms with E-state index in [1.165, 1.54) is 13.8 Å². The molecule has 0 aliphatic heterocycles. The molecule has 4 fully saturated rings. The van der Waals surface area contributed by atoms with Gasteiger partial charge in [-0.15, -0.1) is 0 Å². The van der Waals surface area contributed by atoms with E-state index in [0.717, 1.165) is 12.1 Å². The summed E-state index contributed by atoms with van der Waals surface area (Å²) >= 11 is 0. The van der Waals surface area contributed by atoms with E-state index in [0.29, 0.717) is 0 Å². The highest BCUT2D eigenvalue weighted by molar-refractivity contribution is 6.31. The molecule has 2 aromatic rings. The van der Waals surface area contributed by atoms with Gasteiger partial charge in [0.15, 0.2) is 23.1 Å². The van der Waals surface area contributed by atoms with Gasteiger partial charge < -0.3 is 40.9 Å². The molecule has 2 spiro atoms. The lowest BCUT2D eigenvalue weighted by atomic mass is 9.46. The predicted octanol–water partition coefficient (Wildman–Crippen LogP) is 1.11. The van der Waals surface area contributed by atoms with Gasteiger partial charge in [0.05, 0.1) is 68.3 Å². The lowest BCUT2D eigenvalue weighted by Crippen LogP contribution is -2.65. The first-order valence-electron chi connectivity index (χ1n) is 13.2. The van der Waals surface area contributed by atoms with Crippen LogP contribution in [0.1, 0.15) is 43.0 Å². The van der Waals surface area contributed by atoms with Crippen LogP contribution in [0.3, 0.4) is 0 Å². The number of phenols is 4. The van der Waals surface area contributed by atoms with Crippen molar-refractivity contribution in [2.45, 2.75) is 26.1 Å². The Labute approximate surface area is 235 Å². The van der Waals surface area contributed by atoms with Crippen LogP contribution in [-0.4, -0.2) is 76.2 Å². The van der Waals surface area contributed by atoms with Crippen LogP contribution < -0.4 is 0 Å². The number of aryl methyl sites for hydroxylation is 2. The first-order valence-corrected chi connectivity index (χ1v) is 13.2. The number of carbonyl (C=O) groups excluding carboxylic acids is 4. The van der Waals surface area contributed by atoms with Crippen LogP contribution in [-0.2, 0) is 9.59 Å². The molecule has 0 heterocycles. The molecule has 2 unspecified atom stereocenters. The van der Waals surface area contributed by atoms with E-state index in [1.54, 1.807) is 0 Å². The molecule has 6 aliphatic carbocycles. The number of phenolic OH excluding ortho intramolecular Hbond substituents is 4. The molecule has 8 rings (SSSR count). The summed E-state index contributed by atoms with van der Waals surface area (Å²) in [6.45, 7) is 2.72. The molecule has 0 aromatic heterocycles. The fourth-order valence-electron chi connectivity index (χ4n) is 9.59. The van der Waals surface area contributed by atoms with Crippen LogP contribution in [0.4, 0.5) is 0 Å². The van der Waals surface area contributed by atoms with Crippen LogP contribution in [0, 0.1) is 48.3 Å². The van der Waals surface area contributed by atoms with Gasteiger partial charge in [-0.05, 0) is 37.1 Å². The van der Waals surface area contributed by atoms with Crippen molar-refractivity contribution in [3.05, 3.63) is 56.7 Å². The zero-order chi connectivity index (χ0) is 30.3. The fourth-order valence-corrected chi connectivity index (χ4v) is 9.59. The number of aliphatic hydroxyl groups is 4. The van der Waals surface area contributed by atoms with E-state index in [1.807, 2.05) is 0 Å². The highest BCUT2D eigenvalue weighted by Gasteiger charge is 2.90. The van der Waals surface area contributed by atoms with Crippen molar-refractivity contribution in [2.75, 3.05) is 0 Å². The Hall–Kier alpha value is -4.68. The third-order valence-electron chi connectivity index (χ3n) is 10.8. The number of ketones is 4. The van der Waals surface area contributed by atoms with Crippen LogP contribution in [0.25, 0.3) is 11.5 Å². The third kappa shape index (κ3) is 2.03. The van der Waals surface area contributed by atoms with Crippen molar-refractivity contribution in [1.29, 1.82) is 0 Å². The van der Waals surface area contributed by atoms with E-state index < -0.39 is 138 Å². The summed E-state index contributed by atoms with van der Waals surface area (Å²) in [7, 11) is 0. The second kappa shape index (κ2) is 6.85. The van der Waals surface area contributed by atoms with Crippen molar-refractivity contribution in [1.82, 2.24) is 0 Å². The van der Waals surface area contributed by atoms with E-state index in [2.05, 4.69) is 0 Å². The van der Waals surface area contributed by atoms with Crippen molar-refractivity contribution >= 4 is 34.7 Å². The minimum Gasteiger partial charge on any atom is -0.507 e. The molecule has 0 radical (unpaired) electrons. The summed E-state index contributed by atoms with van der Waals surface area (Å²) in [6.07, 6.45) is -3.71. The maximum Gasteiger partial charge on any atom is 0.179 e. The monoisotopic (exact) mass is 574 g/mol. The number of rotatable bonds is 0. The van der Waals surface area contributed by atoms with E-state index >= 15 is 0 Å². The molecule has 4 bridgehead atoms. The molecule has 2 aromatic carbocycles. The van der Waals surface area contributed by atoms with Crippen molar-refractivity contribution < 1.29 is 60.0 Å². The second-order valence-electron chi connectivity index (χ2n) is 12.2. The van der Waals surface area contributed by atoms with Crippen molar-refractivity contribution in [3.63, 3.8) is 0 Å². The molecular weight excluding hydrogens is 552 g/mol. The third-order valence-corrected chi connectivity index (χ3v) is 10.8. The summed E-state index contributed by atoms with van der Waals surface area (Å²) in [6, 6.07) is 2.13. The standard InChI is InChI=1S/C30H22O12/c1-5-3-7(31)9-11(19(5)33)27(41)29-13-14-24(38)17(29)26(40)16-22(36)10-8(32)4-6(2)20(34)12(10)28(42)30(14,16)18(23(13)37)25(39)15(29)21(9)35/h3-4,13-14,17-18,23-24,31-38H,1-2H3/t13-,14-,17+,18+,23+,24+,29?,30?/m1/s1. The van der Waals surface area contributed by atoms with Crippen molar-refractivity contribution in [3.8, 4) is 23.0 Å². The number of hydrogen-bond acceptors (Lipinski definition) is 12. The average molecular weight is 574 g/mol. The number of allylic oxidation sites excluding steroid dienone is 2. The highest BCUT2D eigenvalue weighted by Crippen LogP contribution is 2.80. The van der Waals surface area contributed by atoms with Gasteiger partial charge in [-0.1, -0.05) is 0 Å². The number of fused-ring (bicyclic) bond motifs is 4. The quantitative estimate of drug-likeness (QED) is 0.207. The number of aliphatic hydroxyl groups excluding tert-OH is 4. The van der Waals surface area contributed by atoms with Gasteiger partial charge in [0.25, 0.3) is 0 Å². The first-order chi connectivity index (χ1) is 19.7. The normalized spacial score (nSPS) is 36.9. The van der Waals surface area contributed by atoms with Crippen molar-refractivity contribution in [2.24, 2.45) is 34.5 Å². The summed E-state index contributed by atoms with van der Waals surface area (Å²) in [5.74, 6) is -15.9. The largest absolute Gasteiger partial charge is 0.507 e. The molecule has 12 heteroatoms. The first kappa shape index (κ1) is 25.1. The van der Waals surface area contributed by atoms with Gasteiger partial charge in [-0.2, -0.15) is 0 Å². The highest BCUT2D eigenvalue weighted by atomic mass is 16.3. The molecule has 12 nitrogen and oxygen atoms in total. The molecule has 4 saturated carbocycles. The minimum absolute atomic E-state index is 0.0181. The number of benzene rings is 2. The zero-order valence-corrected chi connectivity index (χ0v) is 21.8. The number of Topliss-reactive ketones (excluding diaryl/α,β-unsaturated/α-hetero) is 4. The average Bonchev–Trinajstić information content (AvgIpc) is 3.27. The molecule has 214 valence electrons. The summed E-state index contributed by atoms with van der Waals surface area (Å²) in [5.41, 5.74) is -8.66. The Morgan fingerprint density at radius 3 is 1.24 bits per heavy atom. The Kier molecular flexibility index (Phi) is 4.09. The molecule has 0 saturated heterocycles. The van der Waals surface area contributed by atoms with Gasteiger partial charge in [0, 0.05) is 11.8 Å². The molecule has 6 aliphatic rings. The number of aromatic hydroxyl groups is 4. The Balaban J connectivity index is 1.56. The van der Waals surface area contributed by atoms with Gasteiger partial charge in [0.1, 0.15) is 34.5 Å². The van der Waals surface area contributed by atoms with Gasteiger partial charge in [-0.3, -0.25) is 19.2 Å². The van der Waals surface area contributed by atoms with Crippen LogP contribution in [0.5, 0.6) is 23.0 Å². The molecule has 0 amide bonds. The zero-order valence-electron chi connectivity index (χ0n) is 21.8. The smallest absolute Gasteiger partial charge is 0.179 e. The van der Waals surface area contributed by atoms with Crippen LogP contribution >= 0.6 is 0 Å². The van der Waals surface area contributed by atoms with Crippen LogP contribution in [0.2, 0.25) is 0 Å². The van der Waals surface area contributed by atoms with Gasteiger partial charge in [-0.25, -0.2) is 0 Å². The Morgan fingerprint density at radius 2 is 0.905 bits per heavy atom. The van der Waals surface area contributed by atoms with Gasteiger partial charge in [0.2, 0.25) is 0 Å². The lowest BCUT2D eigenvalue weighted by Gasteiger charge is -2.53. The van der Waals surface area contributed by atoms with Crippen LogP contribution in [0.15, 0.2) is 23.3 Å². The SMILES string of the molecule is Cc1cc(O)c2c(c1O)C(=O)C13C(=C2O)C(=O)[C@@H]2[C@@H](O)[C@H]1[C@@H]1[C@H](O)[C@H]3C(=O)C3=C(O)c4c(O)cc(C)c(O)c4C(=O)C312. The Morgan fingerprint density at radius 1 is 0.571 bits per heavy atom. The molecular formula is C30H22O12. The van der Waals surface area contributed by atoms with E-state index in [4.69, 9.17) is 0 Å². The maximum absolute atomic E-state index is 14.6. The summed E-state index contributed by atoms with van der Waals surface area (Å²) in [5, 5.41) is 89.8. The second-order valence-corrected chi connectivity index (χ2v) is 12.2. The number of hydrogen-bond donors (Lipinski definition) is 8. The lowest BCUT2D eigenvalue weighted by molar-refractivity contribution is -0.142. The summed E-state index contributed by atoms with van der Waals surface area (Å²) < 4.78 is 0. The topological polar surface area (TPSA) is 230 Å². The Bertz CT molecular complexity index is 1780. The van der Waals surface area contributed by atoms with Gasteiger partial charge >= 0.3 is 0 Å². The molecule has 42 heavy (non-hydrogen) atoms. The predicted molar refractivity (Wildman–Crippen MR) is 138 cm³/mol. The maximum atomic E-state index is 14.6. The van der Waals surface area contributed by atoms with E-state index in [-0.39, 0.29) is 11.1 Å². The number of carbonyl (C=O) groups is 4. The van der Waals surface area contributed by atoms with E-state index in [9.17, 15) is 60.0 Å². The minimum atomic E-state index is -2.48. The molecule has 8 N–H and O–H groups in total. The summed E-state index contributed by atoms with van der Waals surface area (Å²) in [4.78, 5) is 58.1. The molecule has 8 atom stereocenters. The fraction of sp³-hybridized carbons (Fsp3) is 0.333.